The molecule has 35 heavy (non-hydrogen) atoms. The van der Waals surface area contributed by atoms with Gasteiger partial charge in [-0.1, -0.05) is 32.4 Å². The summed E-state index contributed by atoms with van der Waals surface area (Å²) in [5.41, 5.74) is -1.10. The van der Waals surface area contributed by atoms with E-state index < -0.39 is 27.8 Å². The molecule has 1 aromatic rings. The van der Waals surface area contributed by atoms with Gasteiger partial charge in [-0.05, 0) is 97.2 Å². The van der Waals surface area contributed by atoms with E-state index in [4.69, 9.17) is 16.3 Å². The van der Waals surface area contributed by atoms with Crippen molar-refractivity contribution in [2.45, 2.75) is 76.2 Å². The monoisotopic (exact) mass is 610 g/mol. The molecular weight excluding hydrogens is 579 g/mol. The lowest BCUT2D eigenvalue weighted by Gasteiger charge is -2.63. The number of allylic oxidation sites excluding steroid dienone is 1. The van der Waals surface area contributed by atoms with Crippen molar-refractivity contribution < 1.29 is 24.2 Å². The van der Waals surface area contributed by atoms with Gasteiger partial charge in [0.1, 0.15) is 0 Å². The van der Waals surface area contributed by atoms with Crippen molar-refractivity contribution >= 4 is 51.9 Å². The van der Waals surface area contributed by atoms with Gasteiger partial charge in [0.15, 0.2) is 5.78 Å². The van der Waals surface area contributed by atoms with Crippen LogP contribution < -0.4 is 0 Å². The minimum atomic E-state index is -1.62. The van der Waals surface area contributed by atoms with E-state index in [1.54, 1.807) is 18.2 Å². The van der Waals surface area contributed by atoms with Crippen LogP contribution in [0.2, 0.25) is 0 Å². The third kappa shape index (κ3) is 3.34. The number of alkyl halides is 1. The van der Waals surface area contributed by atoms with Crippen LogP contribution in [0.15, 0.2) is 35.9 Å². The quantitative estimate of drug-likeness (QED) is 0.243. The van der Waals surface area contributed by atoms with E-state index in [0.717, 1.165) is 28.4 Å². The van der Waals surface area contributed by atoms with Crippen LogP contribution in [-0.2, 0) is 14.3 Å². The normalized spacial score (nSPS) is 42.4. The summed E-state index contributed by atoms with van der Waals surface area (Å²) < 4.78 is 6.99. The van der Waals surface area contributed by atoms with Crippen molar-refractivity contribution in [1.29, 1.82) is 0 Å². The number of esters is 1. The van der Waals surface area contributed by atoms with Crippen molar-refractivity contribution in [1.82, 2.24) is 0 Å². The predicted molar refractivity (Wildman–Crippen MR) is 141 cm³/mol. The fourth-order valence-corrected chi connectivity index (χ4v) is 9.43. The summed E-state index contributed by atoms with van der Waals surface area (Å²) in [4.78, 5) is 38.0. The molecule has 5 nitrogen and oxygen atoms in total. The molecule has 0 saturated heterocycles. The van der Waals surface area contributed by atoms with Gasteiger partial charge in [-0.2, -0.15) is 0 Å². The number of carbonyl (C=O) groups is 3. The summed E-state index contributed by atoms with van der Waals surface area (Å²) in [6.45, 7) is 6.11. The summed E-state index contributed by atoms with van der Waals surface area (Å²) in [6, 6.07) is 7.05. The lowest BCUT2D eigenvalue weighted by molar-refractivity contribution is -0.187. The molecule has 0 radical (unpaired) electrons. The van der Waals surface area contributed by atoms with Gasteiger partial charge in [-0.15, -0.1) is 11.6 Å². The number of ketones is 1. The van der Waals surface area contributed by atoms with Crippen molar-refractivity contribution in [3.63, 3.8) is 0 Å². The van der Waals surface area contributed by atoms with Crippen LogP contribution in [0.1, 0.15) is 76.1 Å². The number of carboxylic acid groups (broad SMARTS) is 1. The van der Waals surface area contributed by atoms with Gasteiger partial charge in [0, 0.05) is 26.7 Å². The third-order valence-corrected chi connectivity index (χ3v) is 11.8. The topological polar surface area (TPSA) is 80.7 Å². The van der Waals surface area contributed by atoms with E-state index in [2.05, 4.69) is 29.5 Å². The molecule has 3 saturated carbocycles. The maximum Gasteiger partial charge on any atom is 0.349 e. The Morgan fingerprint density at radius 1 is 1.14 bits per heavy atom. The fourth-order valence-electron chi connectivity index (χ4n) is 8.32. The minimum absolute atomic E-state index is 0.0135. The van der Waals surface area contributed by atoms with Crippen LogP contribution in [0.25, 0.3) is 0 Å². The zero-order valence-electron chi connectivity index (χ0n) is 20.4. The molecule has 0 unspecified atom stereocenters. The molecule has 0 aliphatic heterocycles. The van der Waals surface area contributed by atoms with E-state index in [9.17, 15) is 19.5 Å². The molecule has 3 fully saturated rings. The van der Waals surface area contributed by atoms with Gasteiger partial charge in [0.2, 0.25) is 5.60 Å². The van der Waals surface area contributed by atoms with Crippen molar-refractivity contribution in [2.24, 2.45) is 28.6 Å². The molecule has 0 bridgehead atoms. The summed E-state index contributed by atoms with van der Waals surface area (Å²) in [5, 5.41) is 10.7. The van der Waals surface area contributed by atoms with Gasteiger partial charge in [-0.3, -0.25) is 4.79 Å². The van der Waals surface area contributed by atoms with E-state index in [0.29, 0.717) is 31.2 Å². The molecular formula is C28H32ClIO5. The highest BCUT2D eigenvalue weighted by Gasteiger charge is 2.74. The Morgan fingerprint density at radius 3 is 2.57 bits per heavy atom. The van der Waals surface area contributed by atoms with E-state index in [-0.39, 0.29) is 29.0 Å². The third-order valence-electron chi connectivity index (χ3n) is 10.2. The van der Waals surface area contributed by atoms with Crippen LogP contribution in [0.4, 0.5) is 0 Å². The largest absolute Gasteiger partial charge is 0.478 e. The van der Waals surface area contributed by atoms with Crippen LogP contribution in [0.5, 0.6) is 0 Å². The first-order valence-electron chi connectivity index (χ1n) is 12.5. The number of carboxylic acids is 1. The number of hydrogen-bond acceptors (Lipinski definition) is 4. The Kier molecular flexibility index (Phi) is 5.99. The van der Waals surface area contributed by atoms with E-state index in [1.165, 1.54) is 0 Å². The van der Waals surface area contributed by atoms with Crippen molar-refractivity contribution in [2.75, 3.05) is 0 Å². The van der Waals surface area contributed by atoms with Crippen molar-refractivity contribution in [3.8, 4) is 0 Å². The molecule has 0 heterocycles. The first-order valence-corrected chi connectivity index (χ1v) is 14.0. The second-order valence-electron chi connectivity index (χ2n) is 11.6. The zero-order valence-corrected chi connectivity index (χ0v) is 23.3. The van der Waals surface area contributed by atoms with E-state index >= 15 is 0 Å². The second-order valence-corrected chi connectivity index (χ2v) is 13.5. The molecule has 1 N–H and O–H groups in total. The molecule has 7 atom stereocenters. The minimum Gasteiger partial charge on any atom is -0.478 e. The number of hydrogen-bond donors (Lipinski definition) is 1. The molecule has 4 aliphatic carbocycles. The Labute approximate surface area is 225 Å². The van der Waals surface area contributed by atoms with Gasteiger partial charge in [0.05, 0.1) is 10.4 Å². The summed E-state index contributed by atoms with van der Waals surface area (Å²) in [7, 11) is 0. The number of rotatable bonds is 3. The zero-order chi connectivity index (χ0) is 25.4. The number of aliphatic carboxylic acids is 1. The second kappa shape index (κ2) is 8.30. The lowest BCUT2D eigenvalue weighted by atomic mass is 9.46. The first-order chi connectivity index (χ1) is 16.4. The van der Waals surface area contributed by atoms with E-state index in [1.807, 2.05) is 26.0 Å². The average molecular weight is 611 g/mol. The number of fused-ring (bicyclic) bond motifs is 5. The average Bonchev–Trinajstić information content (AvgIpc) is 3.02. The molecule has 4 aliphatic rings. The maximum atomic E-state index is 13.3. The first kappa shape index (κ1) is 25.2. The summed E-state index contributed by atoms with van der Waals surface area (Å²) >= 11 is 9.73. The Morgan fingerprint density at radius 2 is 1.89 bits per heavy atom. The molecule has 188 valence electrons. The SMILES string of the molecule is C[C@H]1C[C@H]2[C@@H]3CCC4=CC(=O)CC[C@]4(C)[C@@]3(Cl)CC[C@]2(C)[C@@]1(OC(=O)c1cccc(I)c1)C(=O)O. The Balaban J connectivity index is 1.54. The number of benzene rings is 1. The predicted octanol–water partition coefficient (Wildman–Crippen LogP) is 6.41. The van der Waals surface area contributed by atoms with Crippen LogP contribution in [-0.4, -0.2) is 33.3 Å². The fraction of sp³-hybridized carbons (Fsp3) is 0.607. The number of halogens is 2. The van der Waals surface area contributed by atoms with Crippen LogP contribution >= 0.6 is 34.2 Å². The summed E-state index contributed by atoms with van der Waals surface area (Å²) in [5.74, 6) is -1.72. The highest BCUT2D eigenvalue weighted by molar-refractivity contribution is 14.1. The maximum absolute atomic E-state index is 13.3. The van der Waals surface area contributed by atoms with Crippen LogP contribution in [0.3, 0.4) is 0 Å². The Hall–Kier alpha value is -1.41. The smallest absolute Gasteiger partial charge is 0.349 e. The van der Waals surface area contributed by atoms with Crippen LogP contribution in [0, 0.1) is 32.2 Å². The van der Waals surface area contributed by atoms with Gasteiger partial charge < -0.3 is 9.84 Å². The molecule has 1 aromatic carbocycles. The standard InChI is InChI=1S/C28H32ClIO5/c1-16-13-22-21-8-7-18-15-20(31)9-10-25(18,2)27(21,29)12-11-26(22,3)28(16,24(33)34)35-23(32)17-5-4-6-19(30)14-17/h4-6,14-16,21-22H,7-13H2,1-3H3,(H,33,34)/t16-,21-,22-,25-,26-,27+,28-/m0/s1. The summed E-state index contributed by atoms with van der Waals surface area (Å²) in [6.07, 6.45) is 6.54. The van der Waals surface area contributed by atoms with Gasteiger partial charge >= 0.3 is 11.9 Å². The Bertz CT molecular complexity index is 1150. The van der Waals surface area contributed by atoms with Crippen molar-refractivity contribution in [3.05, 3.63) is 45.0 Å². The molecule has 7 heteroatoms. The molecule has 0 aromatic heterocycles. The number of ether oxygens (including phenoxy) is 1. The molecule has 0 spiro atoms. The molecule has 0 amide bonds. The lowest BCUT2D eigenvalue weighted by Crippen LogP contribution is -2.64. The highest BCUT2D eigenvalue weighted by atomic mass is 127. The van der Waals surface area contributed by atoms with Gasteiger partial charge in [-0.25, -0.2) is 9.59 Å². The number of carbonyl (C=O) groups excluding carboxylic acids is 2. The molecule has 5 rings (SSSR count). The van der Waals surface area contributed by atoms with Gasteiger partial charge in [0.25, 0.3) is 0 Å². The highest BCUT2D eigenvalue weighted by Crippen LogP contribution is 2.72.